The quantitative estimate of drug-likeness (QED) is 0.356. The van der Waals surface area contributed by atoms with Crippen LogP contribution in [-0.2, 0) is 13.2 Å². The standard InChI is InChI=1S/C28H31NOS/c1-28(2,3)16-6-5-7-17-29(4)21-23-11-9-14-26(20-23)30-22-24-12-8-13-25(19-24)27-15-10-18-31-27/h5,7-15,18-20H,17,21-22H2,1-4H3/b7-5+. The van der Waals surface area contributed by atoms with Gasteiger partial charge in [-0.1, -0.05) is 54.3 Å². The van der Waals surface area contributed by atoms with Gasteiger partial charge in [0.1, 0.15) is 12.4 Å². The molecule has 3 rings (SSSR count). The van der Waals surface area contributed by atoms with Gasteiger partial charge in [0.25, 0.3) is 0 Å². The highest BCUT2D eigenvalue weighted by molar-refractivity contribution is 7.13. The Morgan fingerprint density at radius 1 is 1.00 bits per heavy atom. The van der Waals surface area contributed by atoms with E-state index in [1.54, 1.807) is 11.3 Å². The lowest BCUT2D eigenvalue weighted by Gasteiger charge is -2.15. The predicted octanol–water partition coefficient (Wildman–Crippen LogP) is 7.03. The third kappa shape index (κ3) is 8.09. The molecule has 0 N–H and O–H groups in total. The molecule has 0 bridgehead atoms. The molecule has 0 fully saturated rings. The number of ether oxygens (including phenoxy) is 1. The zero-order valence-electron chi connectivity index (χ0n) is 18.9. The molecule has 0 atom stereocenters. The molecule has 1 heterocycles. The van der Waals surface area contributed by atoms with Crippen molar-refractivity contribution < 1.29 is 4.74 Å². The topological polar surface area (TPSA) is 12.5 Å². The van der Waals surface area contributed by atoms with Gasteiger partial charge in [-0.05, 0) is 80.2 Å². The first-order chi connectivity index (χ1) is 14.9. The van der Waals surface area contributed by atoms with Crippen LogP contribution in [-0.4, -0.2) is 18.5 Å². The highest BCUT2D eigenvalue weighted by Gasteiger charge is 2.04. The molecular formula is C28H31NOS. The molecule has 0 aliphatic rings. The van der Waals surface area contributed by atoms with E-state index in [4.69, 9.17) is 4.74 Å². The van der Waals surface area contributed by atoms with E-state index < -0.39 is 0 Å². The van der Waals surface area contributed by atoms with Gasteiger partial charge in [-0.3, -0.25) is 4.90 Å². The van der Waals surface area contributed by atoms with Crippen molar-refractivity contribution in [2.24, 2.45) is 5.41 Å². The molecule has 160 valence electrons. The summed E-state index contributed by atoms with van der Waals surface area (Å²) in [4.78, 5) is 3.55. The van der Waals surface area contributed by atoms with Gasteiger partial charge >= 0.3 is 0 Å². The van der Waals surface area contributed by atoms with Crippen LogP contribution in [0, 0.1) is 17.3 Å². The third-order valence-electron chi connectivity index (χ3n) is 4.55. The molecule has 0 saturated heterocycles. The fourth-order valence-electron chi connectivity index (χ4n) is 3.08. The molecule has 31 heavy (non-hydrogen) atoms. The van der Waals surface area contributed by atoms with E-state index >= 15 is 0 Å². The molecule has 3 aromatic rings. The number of allylic oxidation sites excluding steroid dienone is 1. The lowest BCUT2D eigenvalue weighted by Crippen LogP contribution is -2.17. The number of thiophene rings is 1. The Kier molecular flexibility index (Phi) is 8.12. The van der Waals surface area contributed by atoms with Crippen molar-refractivity contribution in [1.29, 1.82) is 0 Å². The Balaban J connectivity index is 1.53. The highest BCUT2D eigenvalue weighted by atomic mass is 32.1. The van der Waals surface area contributed by atoms with Gasteiger partial charge in [-0.25, -0.2) is 0 Å². The molecule has 2 aromatic carbocycles. The number of benzene rings is 2. The summed E-state index contributed by atoms with van der Waals surface area (Å²) < 4.78 is 6.08. The maximum atomic E-state index is 6.08. The van der Waals surface area contributed by atoms with Crippen molar-refractivity contribution >= 4 is 11.3 Å². The zero-order valence-corrected chi connectivity index (χ0v) is 19.7. The lowest BCUT2D eigenvalue weighted by molar-refractivity contribution is 0.304. The van der Waals surface area contributed by atoms with Gasteiger partial charge < -0.3 is 4.74 Å². The van der Waals surface area contributed by atoms with Gasteiger partial charge in [-0.2, -0.15) is 0 Å². The van der Waals surface area contributed by atoms with Crippen molar-refractivity contribution in [3.05, 3.63) is 89.3 Å². The summed E-state index contributed by atoms with van der Waals surface area (Å²) in [6.45, 7) is 8.65. The maximum Gasteiger partial charge on any atom is 0.120 e. The molecule has 0 saturated carbocycles. The predicted molar refractivity (Wildman–Crippen MR) is 133 cm³/mol. The van der Waals surface area contributed by atoms with E-state index in [0.29, 0.717) is 6.61 Å². The van der Waals surface area contributed by atoms with E-state index in [0.717, 1.165) is 18.8 Å². The van der Waals surface area contributed by atoms with Crippen LogP contribution >= 0.6 is 11.3 Å². The molecule has 1 aromatic heterocycles. The Morgan fingerprint density at radius 2 is 1.81 bits per heavy atom. The summed E-state index contributed by atoms with van der Waals surface area (Å²) >= 11 is 1.76. The van der Waals surface area contributed by atoms with Gasteiger partial charge in [-0.15, -0.1) is 11.3 Å². The van der Waals surface area contributed by atoms with Gasteiger partial charge in [0.2, 0.25) is 0 Å². The van der Waals surface area contributed by atoms with Gasteiger partial charge in [0, 0.05) is 23.4 Å². The van der Waals surface area contributed by atoms with Gasteiger partial charge in [0.05, 0.1) is 0 Å². The normalized spacial score (nSPS) is 11.5. The highest BCUT2D eigenvalue weighted by Crippen LogP contribution is 2.26. The zero-order chi connectivity index (χ0) is 22.1. The molecular weight excluding hydrogens is 398 g/mol. The second-order valence-electron chi connectivity index (χ2n) is 8.73. The largest absolute Gasteiger partial charge is 0.489 e. The third-order valence-corrected chi connectivity index (χ3v) is 5.47. The first-order valence-corrected chi connectivity index (χ1v) is 11.5. The Labute approximate surface area is 191 Å². The number of nitrogens with zero attached hydrogens (tertiary/aromatic N) is 1. The molecule has 2 nitrogen and oxygen atoms in total. The van der Waals surface area contributed by atoms with Crippen LogP contribution in [0.2, 0.25) is 0 Å². The average molecular weight is 430 g/mol. The summed E-state index contributed by atoms with van der Waals surface area (Å²) in [5.74, 6) is 7.24. The Bertz CT molecular complexity index is 1050. The molecule has 0 unspecified atom stereocenters. The van der Waals surface area contributed by atoms with Crippen LogP contribution in [0.3, 0.4) is 0 Å². The van der Waals surface area contributed by atoms with Crippen molar-refractivity contribution in [2.45, 2.75) is 33.9 Å². The molecule has 0 amide bonds. The van der Waals surface area contributed by atoms with E-state index in [-0.39, 0.29) is 5.41 Å². The summed E-state index contributed by atoms with van der Waals surface area (Å²) in [6.07, 6.45) is 4.06. The van der Waals surface area contributed by atoms with Crippen molar-refractivity contribution in [1.82, 2.24) is 4.90 Å². The maximum absolute atomic E-state index is 6.08. The lowest BCUT2D eigenvalue weighted by atomic mass is 9.98. The molecule has 3 heteroatoms. The molecule has 0 spiro atoms. The summed E-state index contributed by atoms with van der Waals surface area (Å²) in [5, 5.41) is 2.11. The number of rotatable bonds is 8. The minimum atomic E-state index is 0.0436. The van der Waals surface area contributed by atoms with Crippen LogP contribution in [0.5, 0.6) is 5.75 Å². The van der Waals surface area contributed by atoms with Gasteiger partial charge in [0.15, 0.2) is 0 Å². The number of hydrogen-bond acceptors (Lipinski definition) is 3. The summed E-state index contributed by atoms with van der Waals surface area (Å²) in [6, 6.07) is 21.2. The minimum Gasteiger partial charge on any atom is -0.489 e. The molecule has 0 aliphatic heterocycles. The summed E-state index contributed by atoms with van der Waals surface area (Å²) in [5.41, 5.74) is 3.70. The van der Waals surface area contributed by atoms with Crippen LogP contribution in [0.15, 0.2) is 78.2 Å². The monoisotopic (exact) mass is 429 g/mol. The first-order valence-electron chi connectivity index (χ1n) is 10.6. The van der Waals surface area contributed by atoms with Crippen LogP contribution in [0.25, 0.3) is 10.4 Å². The van der Waals surface area contributed by atoms with Crippen LogP contribution < -0.4 is 4.74 Å². The average Bonchev–Trinajstić information content (AvgIpc) is 3.27. The molecule has 0 radical (unpaired) electrons. The number of likely N-dealkylation sites (N-methyl/N-ethyl adjacent to an activating group) is 1. The Morgan fingerprint density at radius 3 is 2.58 bits per heavy atom. The Hall–Kier alpha value is -2.80. The second-order valence-corrected chi connectivity index (χ2v) is 9.68. The van der Waals surface area contributed by atoms with Crippen LogP contribution in [0.4, 0.5) is 0 Å². The van der Waals surface area contributed by atoms with Crippen molar-refractivity contribution in [3.63, 3.8) is 0 Å². The van der Waals surface area contributed by atoms with E-state index in [1.165, 1.54) is 21.6 Å². The second kappa shape index (κ2) is 11.0. The fourth-order valence-corrected chi connectivity index (χ4v) is 3.81. The van der Waals surface area contributed by atoms with Crippen LogP contribution in [0.1, 0.15) is 31.9 Å². The first kappa shape index (κ1) is 22.9. The van der Waals surface area contributed by atoms with E-state index in [9.17, 15) is 0 Å². The SMILES string of the molecule is CN(C/C=C/C#CC(C)(C)C)Cc1cccc(OCc2cccc(-c3cccs3)c2)c1. The van der Waals surface area contributed by atoms with E-state index in [1.807, 2.05) is 12.1 Å². The fraction of sp³-hybridized carbons (Fsp3) is 0.286. The smallest absolute Gasteiger partial charge is 0.120 e. The molecule has 0 aliphatic carbocycles. The minimum absolute atomic E-state index is 0.0436. The summed E-state index contributed by atoms with van der Waals surface area (Å²) in [7, 11) is 2.12. The van der Waals surface area contributed by atoms with Crippen molar-refractivity contribution in [3.8, 4) is 28.0 Å². The van der Waals surface area contributed by atoms with E-state index in [2.05, 4.69) is 111 Å². The van der Waals surface area contributed by atoms with Crippen molar-refractivity contribution in [2.75, 3.05) is 13.6 Å². The number of hydrogen-bond donors (Lipinski definition) is 0.